The third kappa shape index (κ3) is 10.6. The summed E-state index contributed by atoms with van der Waals surface area (Å²) in [4.78, 5) is 80.4. The number of methoxy groups -OCH3 is 2. The molecular formula is C47H46N6O12. The van der Waals surface area contributed by atoms with Crippen molar-refractivity contribution in [1.82, 2.24) is 10.2 Å². The maximum absolute atomic E-state index is 14.0. The van der Waals surface area contributed by atoms with Crippen LogP contribution in [0, 0.1) is 0 Å². The molecule has 1 aliphatic rings. The minimum Gasteiger partial charge on any atom is -0.508 e. The van der Waals surface area contributed by atoms with Crippen LogP contribution in [0.1, 0.15) is 66.8 Å². The Labute approximate surface area is 372 Å². The van der Waals surface area contributed by atoms with Crippen LogP contribution >= 0.6 is 0 Å². The first-order valence-electron chi connectivity index (χ1n) is 20.0. The molecule has 0 saturated carbocycles. The largest absolute Gasteiger partial charge is 0.508 e. The van der Waals surface area contributed by atoms with E-state index in [-0.39, 0.29) is 51.2 Å². The number of carboxylic acids is 1. The molecule has 65 heavy (non-hydrogen) atoms. The number of nitrogens with one attached hydrogen (secondary N) is 5. The first kappa shape index (κ1) is 46.1. The number of rotatable bonds is 14. The van der Waals surface area contributed by atoms with Crippen molar-refractivity contribution in [3.63, 3.8) is 0 Å². The number of nitrogens with zero attached hydrogens (tertiary/aromatic N) is 1. The molecular weight excluding hydrogens is 841 g/mol. The first-order chi connectivity index (χ1) is 31.0. The molecule has 0 radical (unpaired) electrons. The number of phenolic OH excluding ortho intramolecular Hbond substituents is 2. The quantitative estimate of drug-likeness (QED) is 0.0589. The van der Waals surface area contributed by atoms with Gasteiger partial charge >= 0.3 is 5.97 Å². The van der Waals surface area contributed by atoms with Gasteiger partial charge in [-0.1, -0.05) is 12.1 Å². The molecule has 0 aliphatic carbocycles. The monoisotopic (exact) mass is 886 g/mol. The zero-order chi connectivity index (χ0) is 47.0. The molecule has 0 spiro atoms. The lowest BCUT2D eigenvalue weighted by atomic mass is 9.86. The average molecular weight is 887 g/mol. The number of benzene rings is 5. The number of amides is 5. The third-order valence-corrected chi connectivity index (χ3v) is 10.7. The molecule has 1 aliphatic heterocycles. The van der Waals surface area contributed by atoms with Crippen molar-refractivity contribution in [3.05, 3.63) is 130 Å². The summed E-state index contributed by atoms with van der Waals surface area (Å²) in [6, 6.07) is 23.5. The van der Waals surface area contributed by atoms with Crippen LogP contribution in [0.5, 0.6) is 28.7 Å². The molecule has 1 heterocycles. The number of carboxylic acid groups (broad SMARTS) is 1. The molecule has 5 amide bonds. The van der Waals surface area contributed by atoms with Crippen LogP contribution in [0.4, 0.5) is 22.7 Å². The maximum Gasteiger partial charge on any atom is 0.339 e. The highest BCUT2D eigenvalue weighted by Crippen LogP contribution is 2.40. The fraction of sp³-hybridized carbons (Fsp3) is 0.191. The highest BCUT2D eigenvalue weighted by Gasteiger charge is 2.42. The Hall–Kier alpha value is -8.38. The maximum atomic E-state index is 14.0. The summed E-state index contributed by atoms with van der Waals surface area (Å²) in [5.41, 5.74) is 0.325. The van der Waals surface area contributed by atoms with Gasteiger partial charge in [-0.3, -0.25) is 24.0 Å². The number of ether oxygens (including phenoxy) is 2. The van der Waals surface area contributed by atoms with Gasteiger partial charge in [0.15, 0.2) is 23.0 Å². The molecule has 5 aromatic carbocycles. The van der Waals surface area contributed by atoms with Gasteiger partial charge in [-0.25, -0.2) is 4.79 Å². The Balaban J connectivity index is 1.09. The average Bonchev–Trinajstić information content (AvgIpc) is 3.28. The van der Waals surface area contributed by atoms with Crippen molar-refractivity contribution in [2.24, 2.45) is 0 Å². The van der Waals surface area contributed by atoms with E-state index in [2.05, 4.69) is 26.6 Å². The van der Waals surface area contributed by atoms with Crippen molar-refractivity contribution in [2.75, 3.05) is 55.6 Å². The number of hydrogen-bond acceptors (Lipinski definition) is 12. The van der Waals surface area contributed by atoms with Gasteiger partial charge in [0.05, 0.1) is 31.2 Å². The minimum atomic E-state index is -1.42. The summed E-state index contributed by atoms with van der Waals surface area (Å²) in [5, 5.41) is 53.8. The van der Waals surface area contributed by atoms with Gasteiger partial charge in [-0.05, 0) is 123 Å². The van der Waals surface area contributed by atoms with Crippen LogP contribution in [-0.4, -0.2) is 101 Å². The third-order valence-electron chi connectivity index (χ3n) is 10.7. The molecule has 0 unspecified atom stereocenters. The van der Waals surface area contributed by atoms with E-state index in [0.717, 1.165) is 11.6 Å². The molecule has 1 saturated heterocycles. The predicted molar refractivity (Wildman–Crippen MR) is 241 cm³/mol. The van der Waals surface area contributed by atoms with E-state index in [1.807, 2.05) is 11.9 Å². The summed E-state index contributed by atoms with van der Waals surface area (Å²) in [7, 11) is 4.31. The highest BCUT2D eigenvalue weighted by atomic mass is 16.5. The van der Waals surface area contributed by atoms with Crippen LogP contribution in [0.2, 0.25) is 0 Å². The topological polar surface area (TPSA) is 265 Å². The Morgan fingerprint density at radius 3 is 1.65 bits per heavy atom. The van der Waals surface area contributed by atoms with Gasteiger partial charge in [-0.15, -0.1) is 0 Å². The predicted octanol–water partition coefficient (Wildman–Crippen LogP) is 5.90. The normalized spacial score (nSPS) is 13.4. The molecule has 9 N–H and O–H groups in total. The summed E-state index contributed by atoms with van der Waals surface area (Å²) >= 11 is 0. The van der Waals surface area contributed by atoms with Crippen molar-refractivity contribution in [3.8, 4) is 28.7 Å². The van der Waals surface area contributed by atoms with E-state index in [1.54, 1.807) is 49.4 Å². The van der Waals surface area contributed by atoms with Crippen LogP contribution in [0.25, 0.3) is 6.08 Å². The molecule has 18 nitrogen and oxygen atoms in total. The molecule has 0 atom stereocenters. The van der Waals surface area contributed by atoms with Gasteiger partial charge in [0.1, 0.15) is 16.9 Å². The fourth-order valence-electron chi connectivity index (χ4n) is 6.97. The summed E-state index contributed by atoms with van der Waals surface area (Å²) < 4.78 is 10.4. The van der Waals surface area contributed by atoms with Crippen molar-refractivity contribution in [1.29, 1.82) is 0 Å². The molecule has 6 rings (SSSR count). The van der Waals surface area contributed by atoms with Gasteiger partial charge < -0.3 is 61.4 Å². The lowest BCUT2D eigenvalue weighted by molar-refractivity contribution is -0.124. The zero-order valence-electron chi connectivity index (χ0n) is 35.6. The number of carbonyl (C=O) groups excluding carboxylic acids is 5. The lowest BCUT2D eigenvalue weighted by Gasteiger charge is -2.40. The number of phenols is 3. The van der Waals surface area contributed by atoms with E-state index in [1.165, 1.54) is 68.8 Å². The van der Waals surface area contributed by atoms with Crippen LogP contribution in [-0.2, 0) is 9.59 Å². The van der Waals surface area contributed by atoms with E-state index < -0.39 is 52.2 Å². The Kier molecular flexibility index (Phi) is 14.0. The Morgan fingerprint density at radius 2 is 1.11 bits per heavy atom. The number of aromatic carboxylic acids is 1. The number of carbonyl (C=O) groups is 6. The van der Waals surface area contributed by atoms with E-state index >= 15 is 0 Å². The SMILES string of the molecule is COc1c(NC(=O)c2ccc(NC(=O)c3ccc(NC(=O)C4(NC(=O)c5ccc(NC(=O)/C(C)=C/c6ccc(O)cc6)cc5)CCN(C)CC4)cc3)c(OC)c2O)ccc(C(=O)O)c1O. The summed E-state index contributed by atoms with van der Waals surface area (Å²) in [6.07, 6.45) is 2.31. The Morgan fingerprint density at radius 1 is 0.615 bits per heavy atom. The fourth-order valence-corrected chi connectivity index (χ4v) is 6.97. The number of hydrogen-bond donors (Lipinski definition) is 9. The van der Waals surface area contributed by atoms with E-state index in [0.29, 0.717) is 42.9 Å². The standard InChI is InChI=1S/C47H46N6O12/c1-26(25-27-5-15-32(54)16-6-27)41(57)48-30-11-9-29(10-12-30)43(59)52-47(21-23-53(2)24-22-47)46(63)49-31-13-7-28(8-14-31)42(58)50-35-19-17-33(37(55)39(35)64-3)44(60)51-36-20-18-34(45(61)62)38(56)40(36)65-4/h5-20,25,54-56H,21-24H2,1-4H3,(H,48,57)(H,49,63)(H,50,58)(H,51,60)(H,52,59)(H,61,62)/b26-25+. The van der Waals surface area contributed by atoms with E-state index in [4.69, 9.17) is 9.47 Å². The van der Waals surface area contributed by atoms with Crippen LogP contribution in [0.15, 0.2) is 103 Å². The second-order valence-corrected chi connectivity index (χ2v) is 15.1. The summed E-state index contributed by atoms with van der Waals surface area (Å²) in [6.45, 7) is 2.71. The molecule has 336 valence electrons. The number of anilines is 4. The second-order valence-electron chi connectivity index (χ2n) is 15.1. The smallest absolute Gasteiger partial charge is 0.339 e. The highest BCUT2D eigenvalue weighted by molar-refractivity contribution is 6.11. The summed E-state index contributed by atoms with van der Waals surface area (Å²) in [5.74, 6) is -5.99. The van der Waals surface area contributed by atoms with Crippen molar-refractivity contribution in [2.45, 2.75) is 25.3 Å². The number of likely N-dealkylation sites (tertiary alicyclic amines) is 1. The van der Waals surface area contributed by atoms with Crippen LogP contribution in [0.3, 0.4) is 0 Å². The number of aromatic hydroxyl groups is 3. The molecule has 18 heteroatoms. The van der Waals surface area contributed by atoms with Crippen molar-refractivity contribution >= 4 is 64.3 Å². The van der Waals surface area contributed by atoms with Gasteiger partial charge in [0.2, 0.25) is 5.91 Å². The second kappa shape index (κ2) is 19.8. The first-order valence-corrected chi connectivity index (χ1v) is 20.0. The lowest BCUT2D eigenvalue weighted by Crippen LogP contribution is -2.61. The van der Waals surface area contributed by atoms with Gasteiger partial charge in [0.25, 0.3) is 23.6 Å². The van der Waals surface area contributed by atoms with Crippen molar-refractivity contribution < 1.29 is 58.7 Å². The molecule has 0 aromatic heterocycles. The van der Waals surface area contributed by atoms with Gasteiger partial charge in [0, 0.05) is 41.2 Å². The van der Waals surface area contributed by atoms with E-state index in [9.17, 15) is 49.2 Å². The zero-order valence-corrected chi connectivity index (χ0v) is 35.6. The van der Waals surface area contributed by atoms with Gasteiger partial charge in [-0.2, -0.15) is 0 Å². The molecule has 5 aromatic rings. The molecule has 0 bridgehead atoms. The molecule has 1 fully saturated rings. The Bertz CT molecular complexity index is 2670. The minimum absolute atomic E-state index is 0.0125. The van der Waals surface area contributed by atoms with Crippen LogP contribution < -0.4 is 36.1 Å². The number of piperidine rings is 1.